The highest BCUT2D eigenvalue weighted by atomic mass is 16.4. The highest BCUT2D eigenvalue weighted by Crippen LogP contribution is 2.64. The third kappa shape index (κ3) is 1.19. The molecule has 80 valence electrons. The van der Waals surface area contributed by atoms with E-state index in [1.54, 1.807) is 6.20 Å². The number of carbonyl (C=O) groups is 1. The first-order valence-corrected chi connectivity index (χ1v) is 5.07. The van der Waals surface area contributed by atoms with Gasteiger partial charge in [0.05, 0.1) is 5.69 Å². The van der Waals surface area contributed by atoms with E-state index in [0.717, 1.165) is 11.3 Å². The Hall–Kier alpha value is -1.38. The number of hydrogen-bond donors (Lipinski definition) is 1. The number of hydrogen-bond acceptors (Lipinski definition) is 2. The van der Waals surface area contributed by atoms with Crippen molar-refractivity contribution in [1.82, 2.24) is 4.98 Å². The van der Waals surface area contributed by atoms with Crippen LogP contribution < -0.4 is 0 Å². The molecule has 1 aromatic heterocycles. The number of carboxylic acids is 1. The molecule has 0 aromatic carbocycles. The van der Waals surface area contributed by atoms with E-state index in [9.17, 15) is 9.90 Å². The molecule has 1 aliphatic rings. The Kier molecular flexibility index (Phi) is 1.90. The fourth-order valence-electron chi connectivity index (χ4n) is 2.42. The van der Waals surface area contributed by atoms with E-state index >= 15 is 0 Å². The molecule has 1 aliphatic carbocycles. The quantitative estimate of drug-likeness (QED) is 0.804. The molecule has 15 heavy (non-hydrogen) atoms. The van der Waals surface area contributed by atoms with Crippen LogP contribution in [0.25, 0.3) is 0 Å². The van der Waals surface area contributed by atoms with E-state index < -0.39 is 11.4 Å². The predicted molar refractivity (Wildman–Crippen MR) is 56.7 cm³/mol. The molecule has 1 N–H and O–H groups in total. The molecule has 1 heterocycles. The number of pyridine rings is 1. The second-order valence-corrected chi connectivity index (χ2v) is 4.94. The number of aliphatic carboxylic acids is 1. The summed E-state index contributed by atoms with van der Waals surface area (Å²) in [6.45, 7) is 5.88. The molecule has 2 rings (SSSR count). The van der Waals surface area contributed by atoms with Gasteiger partial charge in [0.15, 0.2) is 0 Å². The van der Waals surface area contributed by atoms with E-state index in [1.165, 1.54) is 0 Å². The minimum atomic E-state index is -0.766. The van der Waals surface area contributed by atoms with Crippen LogP contribution in [-0.2, 0) is 10.2 Å². The fraction of sp³-hybridized carbons (Fsp3) is 0.500. The van der Waals surface area contributed by atoms with Gasteiger partial charge in [0.25, 0.3) is 0 Å². The lowest BCUT2D eigenvalue weighted by Crippen LogP contribution is -2.27. The summed E-state index contributed by atoms with van der Waals surface area (Å²) >= 11 is 0. The van der Waals surface area contributed by atoms with Gasteiger partial charge in [0, 0.05) is 6.20 Å². The van der Waals surface area contributed by atoms with E-state index in [1.807, 2.05) is 32.9 Å². The second-order valence-electron chi connectivity index (χ2n) is 4.94. The third-order valence-corrected chi connectivity index (χ3v) is 3.52. The molecular weight excluding hydrogens is 190 g/mol. The van der Waals surface area contributed by atoms with Crippen molar-refractivity contribution in [2.24, 2.45) is 5.41 Å². The van der Waals surface area contributed by atoms with Gasteiger partial charge < -0.3 is 5.11 Å². The Morgan fingerprint density at radius 1 is 1.53 bits per heavy atom. The highest BCUT2D eigenvalue weighted by Gasteiger charge is 2.69. The molecule has 0 spiro atoms. The number of aryl methyl sites for hydroxylation is 1. The second kappa shape index (κ2) is 2.81. The summed E-state index contributed by atoms with van der Waals surface area (Å²) in [5.74, 6) is -0.755. The van der Waals surface area contributed by atoms with Crippen LogP contribution in [0.2, 0.25) is 0 Å². The highest BCUT2D eigenvalue weighted by molar-refractivity contribution is 5.86. The minimum absolute atomic E-state index is 0.183. The zero-order valence-electron chi connectivity index (χ0n) is 9.24. The Morgan fingerprint density at radius 3 is 2.53 bits per heavy atom. The van der Waals surface area contributed by atoms with Gasteiger partial charge in [-0.1, -0.05) is 19.9 Å². The molecule has 0 radical (unpaired) electrons. The lowest BCUT2D eigenvalue weighted by atomic mass is 9.89. The zero-order chi connectivity index (χ0) is 11.3. The zero-order valence-corrected chi connectivity index (χ0v) is 9.24. The average molecular weight is 205 g/mol. The third-order valence-electron chi connectivity index (χ3n) is 3.52. The molecule has 0 aliphatic heterocycles. The molecule has 3 heteroatoms. The largest absolute Gasteiger partial charge is 0.481 e. The van der Waals surface area contributed by atoms with Crippen molar-refractivity contribution < 1.29 is 9.90 Å². The van der Waals surface area contributed by atoms with Gasteiger partial charge in [-0.3, -0.25) is 9.78 Å². The molecular formula is C12H15NO2. The van der Waals surface area contributed by atoms with Crippen LogP contribution in [0, 0.1) is 12.3 Å². The van der Waals surface area contributed by atoms with E-state index in [0.29, 0.717) is 6.42 Å². The molecule has 0 bridgehead atoms. The number of carboxylic acid groups (broad SMARTS) is 1. The number of rotatable bonds is 2. The van der Waals surface area contributed by atoms with Gasteiger partial charge >= 0.3 is 5.97 Å². The van der Waals surface area contributed by atoms with Crippen molar-refractivity contribution >= 4 is 5.97 Å². The van der Waals surface area contributed by atoms with Crippen LogP contribution in [-0.4, -0.2) is 16.1 Å². The maximum absolute atomic E-state index is 11.4. The number of aromatic nitrogens is 1. The maximum Gasteiger partial charge on any atom is 0.316 e. The summed E-state index contributed by atoms with van der Waals surface area (Å²) in [6.07, 6.45) is 2.34. The first-order valence-electron chi connectivity index (χ1n) is 5.07. The standard InChI is InChI=1S/C12H15NO2/c1-8-5-4-6-13-9(8)12(10(14)15)7-11(12,2)3/h4-6H,7H2,1-3H3,(H,14,15). The minimum Gasteiger partial charge on any atom is -0.481 e. The maximum atomic E-state index is 11.4. The molecule has 0 saturated heterocycles. The van der Waals surface area contributed by atoms with Crippen molar-refractivity contribution in [3.05, 3.63) is 29.6 Å². The summed E-state index contributed by atoms with van der Waals surface area (Å²) in [4.78, 5) is 15.7. The van der Waals surface area contributed by atoms with Crippen LogP contribution in [0.4, 0.5) is 0 Å². The summed E-state index contributed by atoms with van der Waals surface area (Å²) in [5.41, 5.74) is 0.740. The van der Waals surface area contributed by atoms with Crippen molar-refractivity contribution in [2.75, 3.05) is 0 Å². The summed E-state index contributed by atoms with van der Waals surface area (Å²) < 4.78 is 0. The summed E-state index contributed by atoms with van der Waals surface area (Å²) in [6, 6.07) is 3.76. The van der Waals surface area contributed by atoms with Crippen molar-refractivity contribution in [1.29, 1.82) is 0 Å². The van der Waals surface area contributed by atoms with Gasteiger partial charge in [0.2, 0.25) is 0 Å². The Bertz CT molecular complexity index is 425. The molecule has 0 amide bonds. The van der Waals surface area contributed by atoms with Crippen LogP contribution in [0.3, 0.4) is 0 Å². The predicted octanol–water partition coefficient (Wildman–Crippen LogP) is 2.14. The van der Waals surface area contributed by atoms with Gasteiger partial charge in [-0.05, 0) is 30.4 Å². The first-order chi connectivity index (χ1) is 6.92. The Balaban J connectivity index is 2.55. The molecule has 1 atom stereocenters. The molecule has 3 nitrogen and oxygen atoms in total. The molecule has 1 saturated carbocycles. The van der Waals surface area contributed by atoms with E-state index in [2.05, 4.69) is 4.98 Å². The molecule has 1 unspecified atom stereocenters. The van der Waals surface area contributed by atoms with E-state index in [-0.39, 0.29) is 5.41 Å². The Morgan fingerprint density at radius 2 is 2.13 bits per heavy atom. The van der Waals surface area contributed by atoms with Crippen LogP contribution >= 0.6 is 0 Å². The van der Waals surface area contributed by atoms with Gasteiger partial charge in [-0.15, -0.1) is 0 Å². The average Bonchev–Trinajstić information content (AvgIpc) is 2.71. The van der Waals surface area contributed by atoms with Crippen LogP contribution in [0.15, 0.2) is 18.3 Å². The van der Waals surface area contributed by atoms with Crippen molar-refractivity contribution in [2.45, 2.75) is 32.6 Å². The van der Waals surface area contributed by atoms with Crippen LogP contribution in [0.1, 0.15) is 31.5 Å². The van der Waals surface area contributed by atoms with Gasteiger partial charge in [-0.25, -0.2) is 0 Å². The fourth-order valence-corrected chi connectivity index (χ4v) is 2.42. The lowest BCUT2D eigenvalue weighted by molar-refractivity contribution is -0.141. The Labute approximate surface area is 89.2 Å². The summed E-state index contributed by atoms with van der Waals surface area (Å²) in [5, 5.41) is 9.38. The smallest absolute Gasteiger partial charge is 0.316 e. The van der Waals surface area contributed by atoms with Gasteiger partial charge in [0.1, 0.15) is 5.41 Å². The topological polar surface area (TPSA) is 50.2 Å². The van der Waals surface area contributed by atoms with Crippen molar-refractivity contribution in [3.63, 3.8) is 0 Å². The molecule has 1 aromatic rings. The molecule has 1 fully saturated rings. The van der Waals surface area contributed by atoms with E-state index in [4.69, 9.17) is 0 Å². The number of nitrogens with zero attached hydrogens (tertiary/aromatic N) is 1. The monoisotopic (exact) mass is 205 g/mol. The van der Waals surface area contributed by atoms with Crippen molar-refractivity contribution in [3.8, 4) is 0 Å². The summed E-state index contributed by atoms with van der Waals surface area (Å²) in [7, 11) is 0. The lowest BCUT2D eigenvalue weighted by Gasteiger charge is -2.16. The normalized spacial score (nSPS) is 27.4. The van der Waals surface area contributed by atoms with Crippen LogP contribution in [0.5, 0.6) is 0 Å². The first kappa shape index (κ1) is 10.1. The SMILES string of the molecule is Cc1cccnc1C1(C(=O)O)CC1(C)C. The van der Waals surface area contributed by atoms with Gasteiger partial charge in [-0.2, -0.15) is 0 Å².